The molecule has 1 aromatic carbocycles. The van der Waals surface area contributed by atoms with E-state index in [2.05, 4.69) is 15.0 Å². The molecule has 0 aliphatic carbocycles. The van der Waals surface area contributed by atoms with Crippen LogP contribution in [-0.4, -0.2) is 60.2 Å². The number of pyridine rings is 1. The summed E-state index contributed by atoms with van der Waals surface area (Å²) in [7, 11) is 4.53. The molecule has 1 unspecified atom stereocenters. The highest BCUT2D eigenvalue weighted by molar-refractivity contribution is 5.96. The lowest BCUT2D eigenvalue weighted by atomic mass is 10.1. The van der Waals surface area contributed by atoms with Crippen LogP contribution in [0.15, 0.2) is 47.5 Å². The monoisotopic (exact) mass is 436 g/mol. The normalized spacial score (nSPS) is 15.5. The van der Waals surface area contributed by atoms with Crippen LogP contribution < -0.4 is 19.8 Å². The van der Waals surface area contributed by atoms with Gasteiger partial charge in [0.05, 0.1) is 27.0 Å². The van der Waals surface area contributed by atoms with Crippen molar-refractivity contribution in [2.24, 2.45) is 0 Å². The number of carbonyl (C=O) groups excluding carboxylic acids is 1. The average molecular weight is 436 g/mol. The van der Waals surface area contributed by atoms with Crippen LogP contribution in [0.2, 0.25) is 0 Å². The van der Waals surface area contributed by atoms with Crippen LogP contribution in [0, 0.1) is 0 Å². The van der Waals surface area contributed by atoms with Gasteiger partial charge in [-0.2, -0.15) is 0 Å². The molecule has 9 nitrogen and oxygen atoms in total. The van der Waals surface area contributed by atoms with E-state index in [4.69, 9.17) is 14.2 Å². The number of benzene rings is 1. The lowest BCUT2D eigenvalue weighted by Gasteiger charge is -2.19. The molecule has 1 aliphatic heterocycles. The van der Waals surface area contributed by atoms with E-state index in [1.54, 1.807) is 41.6 Å². The summed E-state index contributed by atoms with van der Waals surface area (Å²) < 4.78 is 16.1. The van der Waals surface area contributed by atoms with Crippen molar-refractivity contribution in [1.82, 2.24) is 19.9 Å². The van der Waals surface area contributed by atoms with Crippen LogP contribution >= 0.6 is 0 Å². The third-order valence-corrected chi connectivity index (χ3v) is 5.51. The third kappa shape index (κ3) is 4.14. The van der Waals surface area contributed by atoms with E-state index >= 15 is 0 Å². The molecule has 0 bridgehead atoms. The lowest BCUT2D eigenvalue weighted by molar-refractivity contribution is 0.0789. The molecular weight excluding hydrogens is 412 g/mol. The van der Waals surface area contributed by atoms with Crippen molar-refractivity contribution in [2.45, 2.75) is 12.3 Å². The smallest absolute Gasteiger partial charge is 0.254 e. The number of ether oxygens (including phenoxy) is 3. The Kier molecular flexibility index (Phi) is 6.07. The Balaban J connectivity index is 1.57. The Morgan fingerprint density at radius 1 is 1.06 bits per heavy atom. The number of amides is 1. The van der Waals surface area contributed by atoms with E-state index in [0.717, 1.165) is 5.56 Å². The second kappa shape index (κ2) is 9.09. The molecule has 0 radical (unpaired) electrons. The van der Waals surface area contributed by atoms with Crippen molar-refractivity contribution >= 4 is 5.91 Å². The molecule has 1 N–H and O–H groups in total. The number of methoxy groups -OCH3 is 3. The number of H-pyrrole nitrogens is 1. The second-order valence-corrected chi connectivity index (χ2v) is 7.40. The van der Waals surface area contributed by atoms with Crippen molar-refractivity contribution in [3.8, 4) is 28.5 Å². The number of hydrogen-bond acceptors (Lipinski definition) is 7. The third-order valence-electron chi connectivity index (χ3n) is 5.51. The van der Waals surface area contributed by atoms with Gasteiger partial charge in [-0.25, -0.2) is 4.98 Å². The molecule has 166 valence electrons. The fourth-order valence-electron chi connectivity index (χ4n) is 3.90. The minimum absolute atomic E-state index is 0.0736. The number of nitrogens with zero attached hydrogens (tertiary/aromatic N) is 3. The molecule has 1 aliphatic rings. The zero-order chi connectivity index (χ0) is 22.7. The van der Waals surface area contributed by atoms with Gasteiger partial charge in [0.1, 0.15) is 5.82 Å². The van der Waals surface area contributed by atoms with Crippen LogP contribution in [0.5, 0.6) is 17.2 Å². The van der Waals surface area contributed by atoms with Gasteiger partial charge in [0.25, 0.3) is 11.5 Å². The molecule has 3 aromatic rings. The molecule has 1 amide bonds. The molecule has 1 atom stereocenters. The summed E-state index contributed by atoms with van der Waals surface area (Å²) in [6, 6.07) is 8.36. The van der Waals surface area contributed by atoms with E-state index in [1.165, 1.54) is 27.4 Å². The molecule has 3 heterocycles. The largest absolute Gasteiger partial charge is 0.493 e. The summed E-state index contributed by atoms with van der Waals surface area (Å²) in [5.41, 5.74) is 1.61. The number of rotatable bonds is 6. The molecule has 9 heteroatoms. The lowest BCUT2D eigenvalue weighted by Crippen LogP contribution is -2.29. The summed E-state index contributed by atoms with van der Waals surface area (Å²) in [5.74, 6) is 1.61. The zero-order valence-electron chi connectivity index (χ0n) is 18.1. The van der Waals surface area contributed by atoms with Crippen molar-refractivity contribution in [3.05, 3.63) is 64.5 Å². The Labute approximate surface area is 185 Å². The number of aromatic nitrogens is 3. The van der Waals surface area contributed by atoms with Gasteiger partial charge in [-0.15, -0.1) is 0 Å². The predicted octanol–water partition coefficient (Wildman–Crippen LogP) is 2.49. The Hall–Kier alpha value is -3.88. The fraction of sp³-hybridized carbons (Fsp3) is 0.304. The summed E-state index contributed by atoms with van der Waals surface area (Å²) in [6.07, 6.45) is 4.01. The maximum absolute atomic E-state index is 13.2. The molecule has 0 spiro atoms. The number of carbonyl (C=O) groups is 1. The molecule has 1 saturated heterocycles. The van der Waals surface area contributed by atoms with Crippen LogP contribution in [0.3, 0.4) is 0 Å². The van der Waals surface area contributed by atoms with Crippen molar-refractivity contribution in [3.63, 3.8) is 0 Å². The number of likely N-dealkylation sites (tertiary alicyclic amines) is 1. The topological polar surface area (TPSA) is 107 Å². The minimum atomic E-state index is -0.226. The first-order valence-corrected chi connectivity index (χ1v) is 10.1. The van der Waals surface area contributed by atoms with E-state index < -0.39 is 0 Å². The molecule has 1 fully saturated rings. The predicted molar refractivity (Wildman–Crippen MR) is 117 cm³/mol. The SMILES string of the molecule is COc1cc(C(=O)N2CCC(c3nc(-c4ccncc4)cc(=O)[nH]3)C2)cc(OC)c1OC. The standard InChI is InChI=1S/C23H24N4O5/c1-30-18-10-16(11-19(31-2)21(18)32-3)23(29)27-9-6-15(13-27)22-25-17(12-20(28)26-22)14-4-7-24-8-5-14/h4-5,7-8,10-12,15H,6,9,13H2,1-3H3,(H,25,26,28). The van der Waals surface area contributed by atoms with E-state index in [0.29, 0.717) is 53.8 Å². The first-order chi connectivity index (χ1) is 15.5. The van der Waals surface area contributed by atoms with Crippen molar-refractivity contribution < 1.29 is 19.0 Å². The van der Waals surface area contributed by atoms with Crippen molar-refractivity contribution in [1.29, 1.82) is 0 Å². The van der Waals surface area contributed by atoms with Crippen LogP contribution in [-0.2, 0) is 0 Å². The zero-order valence-corrected chi connectivity index (χ0v) is 18.1. The van der Waals surface area contributed by atoms with Gasteiger partial charge in [0.2, 0.25) is 5.75 Å². The number of nitrogens with one attached hydrogen (secondary N) is 1. The van der Waals surface area contributed by atoms with Crippen molar-refractivity contribution in [2.75, 3.05) is 34.4 Å². The van der Waals surface area contributed by atoms with Gasteiger partial charge in [0.15, 0.2) is 11.5 Å². The van der Waals surface area contributed by atoms with Gasteiger partial charge in [-0.05, 0) is 30.7 Å². The van der Waals surface area contributed by atoms with Gasteiger partial charge >= 0.3 is 0 Å². The van der Waals surface area contributed by atoms with E-state index in [9.17, 15) is 9.59 Å². The van der Waals surface area contributed by atoms with E-state index in [1.807, 2.05) is 0 Å². The van der Waals surface area contributed by atoms with Crippen LogP contribution in [0.25, 0.3) is 11.3 Å². The summed E-state index contributed by atoms with van der Waals surface area (Å²) in [4.78, 5) is 38.7. The Morgan fingerprint density at radius 3 is 2.38 bits per heavy atom. The number of aromatic amines is 1. The molecule has 4 rings (SSSR count). The molecular formula is C23H24N4O5. The van der Waals surface area contributed by atoms with Crippen LogP contribution in [0.1, 0.15) is 28.5 Å². The maximum atomic E-state index is 13.2. The van der Waals surface area contributed by atoms with Gasteiger partial charge in [0, 0.05) is 48.6 Å². The summed E-state index contributed by atoms with van der Waals surface area (Å²) in [5, 5.41) is 0. The second-order valence-electron chi connectivity index (χ2n) is 7.40. The average Bonchev–Trinajstić information content (AvgIpc) is 3.33. The van der Waals surface area contributed by atoms with E-state index in [-0.39, 0.29) is 17.4 Å². The fourth-order valence-corrected chi connectivity index (χ4v) is 3.90. The van der Waals surface area contributed by atoms with Gasteiger partial charge in [-0.3, -0.25) is 14.6 Å². The van der Waals surface area contributed by atoms with Gasteiger partial charge in [-0.1, -0.05) is 0 Å². The first kappa shape index (κ1) is 21.4. The molecule has 0 saturated carbocycles. The summed E-state index contributed by atoms with van der Waals surface area (Å²) >= 11 is 0. The first-order valence-electron chi connectivity index (χ1n) is 10.1. The highest BCUT2D eigenvalue weighted by Crippen LogP contribution is 2.39. The Bertz CT molecular complexity index is 1150. The molecule has 2 aromatic heterocycles. The highest BCUT2D eigenvalue weighted by atomic mass is 16.5. The van der Waals surface area contributed by atoms with Crippen LogP contribution in [0.4, 0.5) is 0 Å². The minimum Gasteiger partial charge on any atom is -0.493 e. The van der Waals surface area contributed by atoms with Gasteiger partial charge < -0.3 is 24.1 Å². The highest BCUT2D eigenvalue weighted by Gasteiger charge is 2.31. The quantitative estimate of drug-likeness (QED) is 0.633. The Morgan fingerprint density at radius 2 is 1.75 bits per heavy atom. The molecule has 32 heavy (non-hydrogen) atoms. The number of hydrogen-bond donors (Lipinski definition) is 1. The maximum Gasteiger partial charge on any atom is 0.254 e. The summed E-state index contributed by atoms with van der Waals surface area (Å²) in [6.45, 7) is 0.988.